The number of alkyl halides is 2. The number of benzene rings is 4. The molecule has 4 aromatic rings. The minimum atomic E-state index is -4.57. The molecule has 12 heteroatoms. The topological polar surface area (TPSA) is 154 Å². The number of aryl methyl sites for hydroxylation is 1. The maximum Gasteiger partial charge on any atom is 0.408 e. The van der Waals surface area contributed by atoms with Gasteiger partial charge in [0, 0.05) is 6.42 Å². The number of ether oxygens (including phenoxy) is 2. The summed E-state index contributed by atoms with van der Waals surface area (Å²) in [6, 6.07) is 29.7. The molecule has 0 aromatic heterocycles. The summed E-state index contributed by atoms with van der Waals surface area (Å²) in [4.78, 5) is 69.9. The number of nitrogens with two attached hydrogens (primary N) is 1. The van der Waals surface area contributed by atoms with Crippen molar-refractivity contribution in [3.05, 3.63) is 144 Å². The first-order valence-electron chi connectivity index (χ1n) is 18.5. The number of hydrogen-bond acceptors (Lipinski definition) is 8. The van der Waals surface area contributed by atoms with Crippen molar-refractivity contribution in [2.45, 2.75) is 77.3 Å². The van der Waals surface area contributed by atoms with Gasteiger partial charge in [0.1, 0.15) is 24.7 Å². The SMILES string of the molecule is CC(C)[C@H](NC(=O)OCc1ccccc1)C(=O)C(C(F)(F)C(=O)CCc1ccccc1)[C@@](N)(C(=O)[C@@H](NC(=O)OCc1ccccc1)C(C)C)c1ccccc1. The highest BCUT2D eigenvalue weighted by molar-refractivity contribution is 6.05. The van der Waals surface area contributed by atoms with Gasteiger partial charge in [-0.1, -0.05) is 149 Å². The van der Waals surface area contributed by atoms with Gasteiger partial charge < -0.3 is 25.8 Å². The van der Waals surface area contributed by atoms with Crippen molar-refractivity contribution in [2.75, 3.05) is 0 Å². The summed E-state index contributed by atoms with van der Waals surface area (Å²) in [6.45, 7) is 5.80. The molecule has 2 amide bonds. The smallest absolute Gasteiger partial charge is 0.408 e. The number of alkyl carbamates (subject to hydrolysis) is 2. The molecule has 296 valence electrons. The maximum atomic E-state index is 17.3. The fraction of sp³-hybridized carbons (Fsp3) is 0.341. The summed E-state index contributed by atoms with van der Waals surface area (Å²) in [6.07, 6.45) is -2.91. The minimum Gasteiger partial charge on any atom is -0.445 e. The average Bonchev–Trinajstić information content (AvgIpc) is 3.20. The van der Waals surface area contributed by atoms with E-state index in [2.05, 4.69) is 10.6 Å². The summed E-state index contributed by atoms with van der Waals surface area (Å²) in [5, 5.41) is 4.88. The van der Waals surface area contributed by atoms with Crippen molar-refractivity contribution in [2.24, 2.45) is 23.5 Å². The van der Waals surface area contributed by atoms with E-state index < -0.39 is 77.3 Å². The second-order valence-corrected chi connectivity index (χ2v) is 14.3. The molecule has 0 saturated carbocycles. The summed E-state index contributed by atoms with van der Waals surface area (Å²) in [5.41, 5.74) is 5.72. The van der Waals surface area contributed by atoms with Crippen LogP contribution < -0.4 is 16.4 Å². The predicted octanol–water partition coefficient (Wildman–Crippen LogP) is 7.33. The monoisotopic (exact) mass is 769 g/mol. The fourth-order valence-corrected chi connectivity index (χ4v) is 6.41. The molecule has 4 rings (SSSR count). The van der Waals surface area contributed by atoms with Crippen LogP contribution in [-0.4, -0.2) is 47.5 Å². The van der Waals surface area contributed by atoms with Crippen molar-refractivity contribution in [3.8, 4) is 0 Å². The molecular weight excluding hydrogens is 720 g/mol. The number of carbonyl (C=O) groups is 5. The van der Waals surface area contributed by atoms with Crippen molar-refractivity contribution < 1.29 is 42.2 Å². The Bertz CT molecular complexity index is 1910. The van der Waals surface area contributed by atoms with E-state index in [9.17, 15) is 24.0 Å². The lowest BCUT2D eigenvalue weighted by molar-refractivity contribution is -0.169. The molecule has 4 aromatic carbocycles. The van der Waals surface area contributed by atoms with Gasteiger partial charge in [0.05, 0.1) is 12.1 Å². The summed E-state index contributed by atoms with van der Waals surface area (Å²) < 4.78 is 45.3. The fourth-order valence-electron chi connectivity index (χ4n) is 6.41. The van der Waals surface area contributed by atoms with E-state index in [1.807, 2.05) is 0 Å². The zero-order valence-electron chi connectivity index (χ0n) is 32.0. The molecule has 0 bridgehead atoms. The highest BCUT2D eigenvalue weighted by Gasteiger charge is 2.64. The van der Waals surface area contributed by atoms with Crippen LogP contribution in [0.2, 0.25) is 0 Å². The maximum absolute atomic E-state index is 17.3. The lowest BCUT2D eigenvalue weighted by Gasteiger charge is -2.43. The Morgan fingerprint density at radius 2 is 1.00 bits per heavy atom. The molecule has 1 unspecified atom stereocenters. The first kappa shape index (κ1) is 43.0. The number of halogens is 2. The van der Waals surface area contributed by atoms with Gasteiger partial charge in [-0.15, -0.1) is 0 Å². The van der Waals surface area contributed by atoms with Crippen LogP contribution in [-0.2, 0) is 49.0 Å². The Labute approximate surface area is 326 Å². The Morgan fingerprint density at radius 3 is 1.43 bits per heavy atom. The van der Waals surface area contributed by atoms with Crippen LogP contribution >= 0.6 is 0 Å². The van der Waals surface area contributed by atoms with Crippen molar-refractivity contribution in [1.82, 2.24) is 10.6 Å². The third-order valence-corrected chi connectivity index (χ3v) is 9.51. The molecule has 0 spiro atoms. The Balaban J connectivity index is 1.79. The molecule has 0 radical (unpaired) electrons. The molecule has 0 aliphatic heterocycles. The molecule has 4 N–H and O–H groups in total. The van der Waals surface area contributed by atoms with Gasteiger partial charge in [0.2, 0.25) is 5.78 Å². The number of carbonyl (C=O) groups excluding carboxylic acids is 5. The third-order valence-electron chi connectivity index (χ3n) is 9.51. The third kappa shape index (κ3) is 10.9. The molecule has 0 saturated heterocycles. The van der Waals surface area contributed by atoms with Gasteiger partial charge in [-0.2, -0.15) is 8.78 Å². The van der Waals surface area contributed by atoms with Crippen molar-refractivity contribution in [1.29, 1.82) is 0 Å². The van der Waals surface area contributed by atoms with Crippen molar-refractivity contribution >= 4 is 29.5 Å². The van der Waals surface area contributed by atoms with E-state index >= 15 is 8.78 Å². The highest BCUT2D eigenvalue weighted by atomic mass is 19.3. The molecule has 10 nitrogen and oxygen atoms in total. The normalized spacial score (nSPS) is 14.2. The number of rotatable bonds is 19. The van der Waals surface area contributed by atoms with Crippen LogP contribution in [0.15, 0.2) is 121 Å². The van der Waals surface area contributed by atoms with Crippen LogP contribution in [0.5, 0.6) is 0 Å². The lowest BCUT2D eigenvalue weighted by Crippen LogP contribution is -2.68. The average molecular weight is 770 g/mol. The number of hydrogen-bond donors (Lipinski definition) is 3. The zero-order chi connectivity index (χ0) is 40.9. The molecule has 0 fully saturated rings. The van der Waals surface area contributed by atoms with Crippen LogP contribution in [0.25, 0.3) is 0 Å². The summed E-state index contributed by atoms with van der Waals surface area (Å²) in [7, 11) is 0. The van der Waals surface area contributed by atoms with E-state index in [0.717, 1.165) is 0 Å². The quantitative estimate of drug-likeness (QED) is 0.0896. The lowest BCUT2D eigenvalue weighted by atomic mass is 9.65. The predicted molar refractivity (Wildman–Crippen MR) is 207 cm³/mol. The van der Waals surface area contributed by atoms with Gasteiger partial charge in [-0.25, -0.2) is 9.59 Å². The van der Waals surface area contributed by atoms with E-state index in [0.29, 0.717) is 16.7 Å². The summed E-state index contributed by atoms with van der Waals surface area (Å²) in [5.74, 6) is -13.2. The molecular formula is C44H49F2N3O7. The van der Waals surface area contributed by atoms with Crippen molar-refractivity contribution in [3.63, 3.8) is 0 Å². The molecule has 0 heterocycles. The number of nitrogens with one attached hydrogen (secondary N) is 2. The van der Waals surface area contributed by atoms with Gasteiger partial charge in [0.25, 0.3) is 0 Å². The van der Waals surface area contributed by atoms with E-state index in [1.165, 1.54) is 38.1 Å². The van der Waals surface area contributed by atoms with Gasteiger partial charge in [0.15, 0.2) is 11.6 Å². The second-order valence-electron chi connectivity index (χ2n) is 14.3. The van der Waals surface area contributed by atoms with Crippen LogP contribution in [0.3, 0.4) is 0 Å². The number of Topliss-reactive ketones (excluding diaryl/α,β-unsaturated/α-hetero) is 3. The number of ketones is 3. The molecule has 0 aliphatic carbocycles. The van der Waals surface area contributed by atoms with Crippen LogP contribution in [0.1, 0.15) is 56.4 Å². The van der Waals surface area contributed by atoms with Gasteiger partial charge in [-0.3, -0.25) is 14.4 Å². The van der Waals surface area contributed by atoms with E-state index in [1.54, 1.807) is 111 Å². The minimum absolute atomic E-state index is 0.0892. The largest absolute Gasteiger partial charge is 0.445 e. The van der Waals surface area contributed by atoms with Crippen LogP contribution in [0.4, 0.5) is 18.4 Å². The first-order valence-corrected chi connectivity index (χ1v) is 18.5. The highest BCUT2D eigenvalue weighted by Crippen LogP contribution is 2.43. The van der Waals surface area contributed by atoms with E-state index in [4.69, 9.17) is 15.2 Å². The first-order chi connectivity index (χ1) is 26.7. The Hall–Kier alpha value is -5.75. The molecule has 4 atom stereocenters. The summed E-state index contributed by atoms with van der Waals surface area (Å²) >= 11 is 0. The number of amides is 2. The second kappa shape index (κ2) is 19.7. The molecule has 56 heavy (non-hydrogen) atoms. The van der Waals surface area contributed by atoms with Gasteiger partial charge >= 0.3 is 18.1 Å². The van der Waals surface area contributed by atoms with Gasteiger partial charge in [-0.05, 0) is 40.5 Å². The molecule has 0 aliphatic rings. The van der Waals surface area contributed by atoms with E-state index in [-0.39, 0.29) is 25.2 Å². The van der Waals surface area contributed by atoms with Crippen LogP contribution in [0, 0.1) is 17.8 Å². The Morgan fingerprint density at radius 1 is 0.607 bits per heavy atom. The standard InChI is InChI=1S/C44H49F2N3O7/c1-29(2)36(48-41(53)55-27-32-19-11-6-12-20-32)38(51)39(44(45,46)35(50)26-25-31-17-9-5-10-18-31)43(47,34-23-15-8-16-24-34)40(52)37(30(3)4)49-42(54)56-28-33-21-13-7-14-22-33/h5-24,29-30,36-37,39H,25-28,47H2,1-4H3,(H,48,53)(H,49,54)/t36-,37-,39?,43+/m0/s1. The Kier molecular flexibility index (Phi) is 15.1. The zero-order valence-corrected chi connectivity index (χ0v) is 32.0.